The van der Waals surface area contributed by atoms with Crippen molar-refractivity contribution >= 4 is 41.5 Å². The van der Waals surface area contributed by atoms with Crippen LogP contribution in [-0.2, 0) is 6.42 Å². The lowest BCUT2D eigenvalue weighted by molar-refractivity contribution is 0.214. The van der Waals surface area contributed by atoms with Gasteiger partial charge in [-0.05, 0) is 76.4 Å². The van der Waals surface area contributed by atoms with Crippen molar-refractivity contribution in [2.24, 2.45) is 10.9 Å². The maximum absolute atomic E-state index is 6.03. The van der Waals surface area contributed by atoms with Gasteiger partial charge in [0.1, 0.15) is 0 Å². The fourth-order valence-electron chi connectivity index (χ4n) is 3.07. The van der Waals surface area contributed by atoms with Gasteiger partial charge in [0, 0.05) is 24.7 Å². The first-order valence-electron chi connectivity index (χ1n) is 9.12. The Morgan fingerprint density at radius 3 is 2.72 bits per heavy atom. The molecule has 1 fully saturated rings. The fraction of sp³-hybridized carbons (Fsp3) is 0.632. The van der Waals surface area contributed by atoms with Gasteiger partial charge in [0.25, 0.3) is 0 Å². The van der Waals surface area contributed by atoms with Gasteiger partial charge < -0.3 is 15.5 Å². The van der Waals surface area contributed by atoms with Crippen LogP contribution in [0.3, 0.4) is 0 Å². The standard InChI is InChI=1S/C19H31ClN4.HI/c1-3-21-19(22-11-7-16-9-13-24(2)14-10-16)23-12-8-17-5-4-6-18(20)15-17;/h4-6,15-16H,3,7-14H2,1-2H3,(H2,21,22,23);1H. The van der Waals surface area contributed by atoms with Crippen molar-refractivity contribution in [1.29, 1.82) is 0 Å². The third-order valence-electron chi connectivity index (χ3n) is 4.58. The third kappa shape index (κ3) is 9.11. The van der Waals surface area contributed by atoms with E-state index in [2.05, 4.69) is 35.6 Å². The van der Waals surface area contributed by atoms with Crippen LogP contribution < -0.4 is 10.6 Å². The van der Waals surface area contributed by atoms with Crippen molar-refractivity contribution in [3.63, 3.8) is 0 Å². The van der Waals surface area contributed by atoms with Gasteiger partial charge >= 0.3 is 0 Å². The summed E-state index contributed by atoms with van der Waals surface area (Å²) in [4.78, 5) is 7.15. The van der Waals surface area contributed by atoms with Crippen LogP contribution in [0.2, 0.25) is 5.02 Å². The normalized spacial score (nSPS) is 16.4. The van der Waals surface area contributed by atoms with Crippen LogP contribution in [-0.4, -0.2) is 50.6 Å². The monoisotopic (exact) mass is 478 g/mol. The molecule has 6 heteroatoms. The van der Waals surface area contributed by atoms with E-state index in [1.807, 2.05) is 18.2 Å². The molecule has 0 unspecified atom stereocenters. The van der Waals surface area contributed by atoms with Crippen LogP contribution >= 0.6 is 35.6 Å². The molecule has 25 heavy (non-hydrogen) atoms. The topological polar surface area (TPSA) is 39.7 Å². The lowest BCUT2D eigenvalue weighted by atomic mass is 9.94. The van der Waals surface area contributed by atoms with Gasteiger partial charge in [0.05, 0.1) is 0 Å². The zero-order valence-electron chi connectivity index (χ0n) is 15.4. The summed E-state index contributed by atoms with van der Waals surface area (Å²) in [7, 11) is 2.21. The third-order valence-corrected chi connectivity index (χ3v) is 4.82. The average molecular weight is 479 g/mol. The van der Waals surface area contributed by atoms with Crippen LogP contribution in [0.15, 0.2) is 29.3 Å². The van der Waals surface area contributed by atoms with Gasteiger partial charge in [-0.2, -0.15) is 0 Å². The van der Waals surface area contributed by atoms with Gasteiger partial charge in [-0.25, -0.2) is 0 Å². The molecule has 142 valence electrons. The Morgan fingerprint density at radius 1 is 1.28 bits per heavy atom. The van der Waals surface area contributed by atoms with Crippen LogP contribution in [0.25, 0.3) is 0 Å². The number of piperidine rings is 1. The molecule has 0 atom stereocenters. The number of halogens is 2. The van der Waals surface area contributed by atoms with Gasteiger partial charge in [-0.15, -0.1) is 24.0 Å². The minimum atomic E-state index is 0. The number of benzene rings is 1. The lowest BCUT2D eigenvalue weighted by Crippen LogP contribution is -2.38. The number of rotatable bonds is 7. The number of aliphatic imine (C=N–C) groups is 1. The van der Waals surface area contributed by atoms with Crippen molar-refractivity contribution in [2.45, 2.75) is 32.6 Å². The Balaban J connectivity index is 0.00000312. The molecule has 0 amide bonds. The predicted molar refractivity (Wildman–Crippen MR) is 119 cm³/mol. The molecule has 0 aromatic heterocycles. The molecule has 1 saturated heterocycles. The highest BCUT2D eigenvalue weighted by atomic mass is 127. The maximum Gasteiger partial charge on any atom is 0.191 e. The molecule has 2 rings (SSSR count). The number of guanidine groups is 1. The summed E-state index contributed by atoms with van der Waals surface area (Å²) >= 11 is 6.03. The number of hydrogen-bond donors (Lipinski definition) is 2. The molecule has 0 bridgehead atoms. The van der Waals surface area contributed by atoms with Crippen molar-refractivity contribution in [2.75, 3.05) is 39.8 Å². The zero-order valence-corrected chi connectivity index (χ0v) is 18.5. The molecule has 0 aliphatic carbocycles. The largest absolute Gasteiger partial charge is 0.357 e. The summed E-state index contributed by atoms with van der Waals surface area (Å²) in [6.07, 6.45) is 4.76. The Labute approximate surface area is 174 Å². The predicted octanol–water partition coefficient (Wildman–Crippen LogP) is 3.79. The van der Waals surface area contributed by atoms with Crippen molar-refractivity contribution in [3.05, 3.63) is 34.9 Å². The van der Waals surface area contributed by atoms with E-state index in [4.69, 9.17) is 16.6 Å². The van der Waals surface area contributed by atoms with E-state index in [1.165, 1.54) is 37.9 Å². The van der Waals surface area contributed by atoms with Crippen LogP contribution in [0.4, 0.5) is 0 Å². The maximum atomic E-state index is 6.03. The highest BCUT2D eigenvalue weighted by molar-refractivity contribution is 14.0. The van der Waals surface area contributed by atoms with E-state index in [-0.39, 0.29) is 24.0 Å². The summed E-state index contributed by atoms with van der Waals surface area (Å²) in [6.45, 7) is 7.21. The number of nitrogens with one attached hydrogen (secondary N) is 2. The van der Waals surface area contributed by atoms with Crippen molar-refractivity contribution in [1.82, 2.24) is 15.5 Å². The van der Waals surface area contributed by atoms with Crippen LogP contribution in [0.1, 0.15) is 31.7 Å². The first-order valence-corrected chi connectivity index (χ1v) is 9.50. The van der Waals surface area contributed by atoms with E-state index < -0.39 is 0 Å². The van der Waals surface area contributed by atoms with E-state index in [0.717, 1.165) is 43.0 Å². The van der Waals surface area contributed by atoms with E-state index in [9.17, 15) is 0 Å². The molecule has 1 aliphatic heterocycles. The number of likely N-dealkylation sites (tertiary alicyclic amines) is 1. The van der Waals surface area contributed by atoms with E-state index in [1.54, 1.807) is 0 Å². The summed E-state index contributed by atoms with van der Waals surface area (Å²) < 4.78 is 0. The Bertz CT molecular complexity index is 516. The lowest BCUT2D eigenvalue weighted by Gasteiger charge is -2.28. The summed E-state index contributed by atoms with van der Waals surface area (Å²) in [5, 5.41) is 7.55. The summed E-state index contributed by atoms with van der Waals surface area (Å²) in [5.74, 6) is 1.76. The van der Waals surface area contributed by atoms with Gasteiger partial charge in [-0.1, -0.05) is 23.7 Å². The second-order valence-corrected chi connectivity index (χ2v) is 7.04. The summed E-state index contributed by atoms with van der Waals surface area (Å²) in [6, 6.07) is 8.04. The molecule has 4 nitrogen and oxygen atoms in total. The Hall–Kier alpha value is -0.530. The Morgan fingerprint density at radius 2 is 2.04 bits per heavy atom. The van der Waals surface area contributed by atoms with Crippen molar-refractivity contribution in [3.8, 4) is 0 Å². The minimum Gasteiger partial charge on any atom is -0.357 e. The molecule has 0 radical (unpaired) electrons. The van der Waals surface area contributed by atoms with Gasteiger partial charge in [-0.3, -0.25) is 4.99 Å². The molecule has 1 aliphatic rings. The zero-order chi connectivity index (χ0) is 17.2. The smallest absolute Gasteiger partial charge is 0.191 e. The average Bonchev–Trinajstić information content (AvgIpc) is 2.57. The second-order valence-electron chi connectivity index (χ2n) is 6.60. The molecule has 2 N–H and O–H groups in total. The quantitative estimate of drug-likeness (QED) is 0.356. The van der Waals surface area contributed by atoms with Gasteiger partial charge in [0.2, 0.25) is 0 Å². The van der Waals surface area contributed by atoms with Gasteiger partial charge in [0.15, 0.2) is 5.96 Å². The van der Waals surface area contributed by atoms with Crippen LogP contribution in [0.5, 0.6) is 0 Å². The minimum absolute atomic E-state index is 0. The molecule has 0 spiro atoms. The van der Waals surface area contributed by atoms with Crippen LogP contribution in [0, 0.1) is 5.92 Å². The molecule has 1 aromatic carbocycles. The van der Waals surface area contributed by atoms with E-state index in [0.29, 0.717) is 0 Å². The fourth-order valence-corrected chi connectivity index (χ4v) is 3.28. The molecular weight excluding hydrogens is 447 g/mol. The SMILES string of the molecule is CCNC(=NCCC1CCN(C)CC1)NCCc1cccc(Cl)c1.I. The van der Waals surface area contributed by atoms with Crippen molar-refractivity contribution < 1.29 is 0 Å². The molecule has 1 aromatic rings. The molecule has 1 heterocycles. The van der Waals surface area contributed by atoms with E-state index >= 15 is 0 Å². The number of hydrogen-bond acceptors (Lipinski definition) is 2. The Kier molecular flexibility index (Phi) is 11.5. The number of nitrogens with zero attached hydrogens (tertiary/aromatic N) is 2. The first kappa shape index (κ1) is 22.5. The highest BCUT2D eigenvalue weighted by Gasteiger charge is 2.15. The first-order chi connectivity index (χ1) is 11.7. The molecule has 0 saturated carbocycles. The molecular formula is C19H32ClIN4. The highest BCUT2D eigenvalue weighted by Crippen LogP contribution is 2.19. The second kappa shape index (κ2) is 12.8. The summed E-state index contributed by atoms with van der Waals surface area (Å²) in [5.41, 5.74) is 1.25.